The molecule has 20 heavy (non-hydrogen) atoms. The van der Waals surface area contributed by atoms with Gasteiger partial charge in [0.05, 0.1) is 7.11 Å². The van der Waals surface area contributed by atoms with Crippen LogP contribution in [0, 0.1) is 0 Å². The van der Waals surface area contributed by atoms with E-state index in [9.17, 15) is 4.79 Å². The molecule has 0 spiro atoms. The second kappa shape index (κ2) is 5.53. The first-order valence-corrected chi connectivity index (χ1v) is 7.12. The molecule has 1 aliphatic carbocycles. The molecule has 0 amide bonds. The van der Waals surface area contributed by atoms with Crippen molar-refractivity contribution in [1.82, 2.24) is 4.57 Å². The SMILES string of the molecule is COc1ccccc1CCn1ccc2c1CCCC2=O. The van der Waals surface area contributed by atoms with E-state index in [1.807, 2.05) is 30.5 Å². The van der Waals surface area contributed by atoms with Crippen LogP contribution in [0.25, 0.3) is 0 Å². The summed E-state index contributed by atoms with van der Waals surface area (Å²) in [5.41, 5.74) is 3.34. The van der Waals surface area contributed by atoms with Gasteiger partial charge in [0.15, 0.2) is 5.78 Å². The maximum Gasteiger partial charge on any atom is 0.164 e. The van der Waals surface area contributed by atoms with Crippen LogP contribution in [0.4, 0.5) is 0 Å². The number of Topliss-reactive ketones (excluding diaryl/α,β-unsaturated/α-hetero) is 1. The predicted octanol–water partition coefficient (Wildman–Crippen LogP) is 3.26. The van der Waals surface area contributed by atoms with E-state index < -0.39 is 0 Å². The van der Waals surface area contributed by atoms with E-state index in [0.717, 1.165) is 37.1 Å². The second-order valence-electron chi connectivity index (χ2n) is 5.21. The topological polar surface area (TPSA) is 31.2 Å². The van der Waals surface area contributed by atoms with Gasteiger partial charge < -0.3 is 9.30 Å². The van der Waals surface area contributed by atoms with Crippen LogP contribution in [-0.2, 0) is 19.4 Å². The van der Waals surface area contributed by atoms with Crippen molar-refractivity contribution in [2.45, 2.75) is 32.2 Å². The van der Waals surface area contributed by atoms with Crippen molar-refractivity contribution in [1.29, 1.82) is 0 Å². The van der Waals surface area contributed by atoms with Gasteiger partial charge in [0, 0.05) is 30.4 Å². The summed E-state index contributed by atoms with van der Waals surface area (Å²) in [4.78, 5) is 11.8. The van der Waals surface area contributed by atoms with Gasteiger partial charge in [-0.25, -0.2) is 0 Å². The van der Waals surface area contributed by atoms with Crippen molar-refractivity contribution in [3.05, 3.63) is 53.3 Å². The Balaban J connectivity index is 1.78. The van der Waals surface area contributed by atoms with Crippen LogP contribution in [0.1, 0.15) is 34.5 Å². The van der Waals surface area contributed by atoms with Gasteiger partial charge in [-0.05, 0) is 37.0 Å². The lowest BCUT2D eigenvalue weighted by Gasteiger charge is -2.15. The Morgan fingerprint density at radius 3 is 2.90 bits per heavy atom. The lowest BCUT2D eigenvalue weighted by molar-refractivity contribution is 0.0972. The van der Waals surface area contributed by atoms with Crippen molar-refractivity contribution in [3.63, 3.8) is 0 Å². The quantitative estimate of drug-likeness (QED) is 0.853. The Labute approximate surface area is 119 Å². The summed E-state index contributed by atoms with van der Waals surface area (Å²) in [5.74, 6) is 1.23. The van der Waals surface area contributed by atoms with Crippen LogP contribution in [0.15, 0.2) is 36.5 Å². The first-order valence-electron chi connectivity index (χ1n) is 7.12. The summed E-state index contributed by atoms with van der Waals surface area (Å²) < 4.78 is 7.60. The number of methoxy groups -OCH3 is 1. The van der Waals surface area contributed by atoms with Crippen molar-refractivity contribution in [3.8, 4) is 5.75 Å². The van der Waals surface area contributed by atoms with Gasteiger partial charge in [-0.1, -0.05) is 18.2 Å². The molecule has 3 heteroatoms. The Morgan fingerprint density at radius 1 is 1.20 bits per heavy atom. The summed E-state index contributed by atoms with van der Waals surface area (Å²) in [7, 11) is 1.70. The molecule has 0 bridgehead atoms. The highest BCUT2D eigenvalue weighted by molar-refractivity contribution is 5.98. The van der Waals surface area contributed by atoms with Gasteiger partial charge >= 0.3 is 0 Å². The first kappa shape index (κ1) is 13.0. The zero-order valence-corrected chi connectivity index (χ0v) is 11.8. The summed E-state index contributed by atoms with van der Waals surface area (Å²) >= 11 is 0. The van der Waals surface area contributed by atoms with Gasteiger partial charge in [0.25, 0.3) is 0 Å². The third-order valence-electron chi connectivity index (χ3n) is 4.01. The third-order valence-corrected chi connectivity index (χ3v) is 4.01. The Hall–Kier alpha value is -2.03. The monoisotopic (exact) mass is 269 g/mol. The van der Waals surface area contributed by atoms with Gasteiger partial charge in [0.2, 0.25) is 0 Å². The van der Waals surface area contributed by atoms with Crippen LogP contribution in [0.3, 0.4) is 0 Å². The highest BCUT2D eigenvalue weighted by Gasteiger charge is 2.20. The van der Waals surface area contributed by atoms with E-state index in [1.54, 1.807) is 7.11 Å². The van der Waals surface area contributed by atoms with Crippen LogP contribution in [-0.4, -0.2) is 17.5 Å². The fourth-order valence-corrected chi connectivity index (χ4v) is 2.95. The van der Waals surface area contributed by atoms with Crippen LogP contribution in [0.2, 0.25) is 0 Å². The molecule has 3 nitrogen and oxygen atoms in total. The number of ether oxygens (including phenoxy) is 1. The molecule has 1 aliphatic rings. The van der Waals surface area contributed by atoms with Gasteiger partial charge in [-0.15, -0.1) is 0 Å². The maximum absolute atomic E-state index is 11.8. The average Bonchev–Trinajstić information content (AvgIpc) is 2.90. The molecule has 104 valence electrons. The van der Waals surface area contributed by atoms with Crippen molar-refractivity contribution >= 4 is 5.78 Å². The molecule has 0 radical (unpaired) electrons. The Kier molecular flexibility index (Phi) is 3.59. The predicted molar refractivity (Wildman–Crippen MR) is 78.4 cm³/mol. The zero-order chi connectivity index (χ0) is 13.9. The minimum Gasteiger partial charge on any atom is -0.496 e. The molecule has 0 saturated carbocycles. The number of para-hydroxylation sites is 1. The third kappa shape index (κ3) is 2.36. The molecule has 0 aliphatic heterocycles. The zero-order valence-electron chi connectivity index (χ0n) is 11.8. The number of hydrogen-bond donors (Lipinski definition) is 0. The van der Waals surface area contributed by atoms with Crippen LogP contribution < -0.4 is 4.74 Å². The number of rotatable bonds is 4. The van der Waals surface area contributed by atoms with E-state index in [4.69, 9.17) is 4.74 Å². The number of benzene rings is 1. The molecule has 1 aromatic carbocycles. The van der Waals surface area contributed by atoms with Crippen molar-refractivity contribution in [2.24, 2.45) is 0 Å². The number of ketones is 1. The van der Waals surface area contributed by atoms with Crippen LogP contribution in [0.5, 0.6) is 5.75 Å². The molecule has 0 N–H and O–H groups in total. The molecule has 2 aromatic rings. The van der Waals surface area contributed by atoms with Crippen molar-refractivity contribution < 1.29 is 9.53 Å². The number of carbonyl (C=O) groups is 1. The minimum atomic E-state index is 0.294. The smallest absolute Gasteiger partial charge is 0.164 e. The molecule has 0 unspecified atom stereocenters. The van der Waals surface area contributed by atoms with E-state index in [-0.39, 0.29) is 0 Å². The van der Waals surface area contributed by atoms with Crippen LogP contribution >= 0.6 is 0 Å². The van der Waals surface area contributed by atoms with Gasteiger partial charge in [-0.2, -0.15) is 0 Å². The Morgan fingerprint density at radius 2 is 2.05 bits per heavy atom. The molecule has 3 rings (SSSR count). The lowest BCUT2D eigenvalue weighted by atomic mass is 9.97. The van der Waals surface area contributed by atoms with Gasteiger partial charge in [0.1, 0.15) is 5.75 Å². The first-order chi connectivity index (χ1) is 9.79. The molecule has 0 fully saturated rings. The number of hydrogen-bond acceptors (Lipinski definition) is 2. The molecular weight excluding hydrogens is 250 g/mol. The molecule has 1 aromatic heterocycles. The fourth-order valence-electron chi connectivity index (χ4n) is 2.95. The van der Waals surface area contributed by atoms with E-state index >= 15 is 0 Å². The lowest BCUT2D eigenvalue weighted by Crippen LogP contribution is -2.14. The summed E-state index contributed by atoms with van der Waals surface area (Å²) in [6, 6.07) is 10.1. The van der Waals surface area contributed by atoms with Gasteiger partial charge in [-0.3, -0.25) is 4.79 Å². The maximum atomic E-state index is 11.8. The number of carbonyl (C=O) groups excluding carboxylic acids is 1. The normalized spacial score (nSPS) is 14.2. The average molecular weight is 269 g/mol. The number of aryl methyl sites for hydroxylation is 2. The minimum absolute atomic E-state index is 0.294. The standard InChI is InChI=1S/C17H19NO2/c1-20-17-8-3-2-5-13(17)9-11-18-12-10-14-15(18)6-4-7-16(14)19/h2-3,5,8,10,12H,4,6-7,9,11H2,1H3. The summed E-state index contributed by atoms with van der Waals surface area (Å²) in [5, 5.41) is 0. The molecule has 0 atom stereocenters. The molecule has 0 saturated heterocycles. The second-order valence-corrected chi connectivity index (χ2v) is 5.21. The van der Waals surface area contributed by atoms with Crippen molar-refractivity contribution in [2.75, 3.05) is 7.11 Å². The number of fused-ring (bicyclic) bond motifs is 1. The Bertz CT molecular complexity index is 628. The number of nitrogens with zero attached hydrogens (tertiary/aromatic N) is 1. The highest BCUT2D eigenvalue weighted by atomic mass is 16.5. The highest BCUT2D eigenvalue weighted by Crippen LogP contribution is 2.24. The fraction of sp³-hybridized carbons (Fsp3) is 0.353. The van der Waals surface area contributed by atoms with E-state index in [2.05, 4.69) is 10.6 Å². The molecule has 1 heterocycles. The van der Waals surface area contributed by atoms with E-state index in [1.165, 1.54) is 11.3 Å². The van der Waals surface area contributed by atoms with E-state index in [0.29, 0.717) is 12.2 Å². The summed E-state index contributed by atoms with van der Waals surface area (Å²) in [6.07, 6.45) is 5.65. The molecular formula is C17H19NO2. The largest absolute Gasteiger partial charge is 0.496 e. The summed E-state index contributed by atoms with van der Waals surface area (Å²) in [6.45, 7) is 0.892. The number of aromatic nitrogens is 1.